The zero-order valence-electron chi connectivity index (χ0n) is 15.7. The van der Waals surface area contributed by atoms with E-state index in [9.17, 15) is 14.0 Å². The van der Waals surface area contributed by atoms with Crippen molar-refractivity contribution in [2.45, 2.75) is 69.9 Å². The number of aliphatic carboxylic acids is 1. The molecule has 1 aromatic carbocycles. The molecule has 0 spiro atoms. The van der Waals surface area contributed by atoms with Crippen molar-refractivity contribution in [2.24, 2.45) is 5.92 Å². The first kappa shape index (κ1) is 19.6. The molecule has 148 valence electrons. The van der Waals surface area contributed by atoms with E-state index in [2.05, 4.69) is 5.32 Å². The van der Waals surface area contributed by atoms with E-state index < -0.39 is 5.97 Å². The van der Waals surface area contributed by atoms with Gasteiger partial charge in [0.15, 0.2) is 0 Å². The summed E-state index contributed by atoms with van der Waals surface area (Å²) in [5.74, 6) is -1.25. The number of nitrogens with one attached hydrogen (secondary N) is 1. The summed E-state index contributed by atoms with van der Waals surface area (Å²) < 4.78 is 13.1. The summed E-state index contributed by atoms with van der Waals surface area (Å²) in [7, 11) is 0. The SMILES string of the molecule is O=C(O)C1CCC(NC(=O)N(CCc2ccc(F)cc2)C2CCCC2)CC1. The van der Waals surface area contributed by atoms with Crippen LogP contribution in [-0.4, -0.2) is 40.6 Å². The van der Waals surface area contributed by atoms with Crippen molar-refractivity contribution in [1.82, 2.24) is 10.2 Å². The number of carbonyl (C=O) groups is 2. The first-order chi connectivity index (χ1) is 13.0. The fourth-order valence-electron chi connectivity index (χ4n) is 4.31. The molecule has 0 aliphatic heterocycles. The quantitative estimate of drug-likeness (QED) is 0.789. The van der Waals surface area contributed by atoms with Crippen LogP contribution in [0.4, 0.5) is 9.18 Å². The zero-order valence-corrected chi connectivity index (χ0v) is 15.7. The molecule has 0 radical (unpaired) electrons. The summed E-state index contributed by atoms with van der Waals surface area (Å²) in [5, 5.41) is 12.2. The van der Waals surface area contributed by atoms with Crippen LogP contribution in [0.15, 0.2) is 24.3 Å². The molecule has 0 bridgehead atoms. The Morgan fingerprint density at radius 1 is 1.04 bits per heavy atom. The Morgan fingerprint density at radius 2 is 1.67 bits per heavy atom. The molecule has 0 unspecified atom stereocenters. The van der Waals surface area contributed by atoms with Crippen molar-refractivity contribution in [1.29, 1.82) is 0 Å². The van der Waals surface area contributed by atoms with Gasteiger partial charge in [-0.15, -0.1) is 0 Å². The maximum Gasteiger partial charge on any atom is 0.317 e. The van der Waals surface area contributed by atoms with E-state index in [1.807, 2.05) is 4.90 Å². The molecule has 0 aromatic heterocycles. The first-order valence-electron chi connectivity index (χ1n) is 10.1. The van der Waals surface area contributed by atoms with E-state index in [1.54, 1.807) is 12.1 Å². The Labute approximate surface area is 159 Å². The number of carboxylic acids is 1. The van der Waals surface area contributed by atoms with Crippen LogP contribution in [0.1, 0.15) is 56.9 Å². The Bertz CT molecular complexity index is 635. The van der Waals surface area contributed by atoms with E-state index in [0.717, 1.165) is 44.1 Å². The number of hydrogen-bond acceptors (Lipinski definition) is 2. The second-order valence-electron chi connectivity index (χ2n) is 7.84. The molecule has 2 amide bonds. The number of hydrogen-bond donors (Lipinski definition) is 2. The van der Waals surface area contributed by atoms with Crippen LogP contribution < -0.4 is 5.32 Å². The Hall–Kier alpha value is -2.11. The molecule has 0 atom stereocenters. The molecular weight excluding hydrogens is 347 g/mol. The van der Waals surface area contributed by atoms with Gasteiger partial charge in [-0.25, -0.2) is 9.18 Å². The van der Waals surface area contributed by atoms with Crippen molar-refractivity contribution in [3.8, 4) is 0 Å². The van der Waals surface area contributed by atoms with E-state index in [1.165, 1.54) is 12.1 Å². The Kier molecular flexibility index (Phi) is 6.69. The van der Waals surface area contributed by atoms with Gasteiger partial charge in [0.05, 0.1) is 5.92 Å². The minimum atomic E-state index is -0.730. The van der Waals surface area contributed by atoms with Gasteiger partial charge in [0.2, 0.25) is 0 Å². The zero-order chi connectivity index (χ0) is 19.2. The van der Waals surface area contributed by atoms with Gasteiger partial charge in [-0.2, -0.15) is 0 Å². The number of benzene rings is 1. The Balaban J connectivity index is 1.56. The van der Waals surface area contributed by atoms with E-state index >= 15 is 0 Å². The van der Waals surface area contributed by atoms with Gasteiger partial charge in [0.1, 0.15) is 5.82 Å². The summed E-state index contributed by atoms with van der Waals surface area (Å²) in [4.78, 5) is 26.0. The van der Waals surface area contributed by atoms with Crippen LogP contribution in [0.25, 0.3) is 0 Å². The smallest absolute Gasteiger partial charge is 0.317 e. The number of urea groups is 1. The summed E-state index contributed by atoms with van der Waals surface area (Å²) in [5.41, 5.74) is 1.02. The molecule has 1 aromatic rings. The van der Waals surface area contributed by atoms with E-state index in [4.69, 9.17) is 5.11 Å². The van der Waals surface area contributed by atoms with Gasteiger partial charge in [0.25, 0.3) is 0 Å². The van der Waals surface area contributed by atoms with Crippen molar-refractivity contribution in [3.63, 3.8) is 0 Å². The number of carbonyl (C=O) groups excluding carboxylic acids is 1. The molecule has 3 rings (SSSR count). The lowest BCUT2D eigenvalue weighted by atomic mass is 9.86. The maximum absolute atomic E-state index is 13.1. The van der Waals surface area contributed by atoms with Crippen molar-refractivity contribution in [3.05, 3.63) is 35.6 Å². The van der Waals surface area contributed by atoms with Crippen molar-refractivity contribution < 1.29 is 19.1 Å². The number of carboxylic acid groups (broad SMARTS) is 1. The van der Waals surface area contributed by atoms with Crippen LogP contribution in [-0.2, 0) is 11.2 Å². The van der Waals surface area contributed by atoms with Crippen LogP contribution in [0, 0.1) is 11.7 Å². The highest BCUT2D eigenvalue weighted by Gasteiger charge is 2.30. The predicted molar refractivity (Wildman–Crippen MR) is 101 cm³/mol. The lowest BCUT2D eigenvalue weighted by Crippen LogP contribution is -2.50. The molecule has 27 heavy (non-hydrogen) atoms. The number of nitrogens with zero attached hydrogens (tertiary/aromatic N) is 1. The number of amides is 2. The third kappa shape index (κ3) is 5.44. The highest BCUT2D eigenvalue weighted by atomic mass is 19.1. The average Bonchev–Trinajstić information content (AvgIpc) is 3.18. The van der Waals surface area contributed by atoms with Crippen molar-refractivity contribution in [2.75, 3.05) is 6.54 Å². The second kappa shape index (κ2) is 9.20. The van der Waals surface area contributed by atoms with E-state index in [-0.39, 0.29) is 29.8 Å². The summed E-state index contributed by atoms with van der Waals surface area (Å²) >= 11 is 0. The first-order valence-corrected chi connectivity index (χ1v) is 10.1. The van der Waals surface area contributed by atoms with E-state index in [0.29, 0.717) is 25.8 Å². The fourth-order valence-corrected chi connectivity index (χ4v) is 4.31. The van der Waals surface area contributed by atoms with Gasteiger partial charge >= 0.3 is 12.0 Å². The third-order valence-corrected chi connectivity index (χ3v) is 5.98. The molecule has 0 saturated heterocycles. The molecule has 6 heteroatoms. The largest absolute Gasteiger partial charge is 0.481 e. The highest BCUT2D eigenvalue weighted by molar-refractivity contribution is 5.75. The topological polar surface area (TPSA) is 69.6 Å². The number of rotatable bonds is 6. The van der Waals surface area contributed by atoms with Crippen LogP contribution in [0.2, 0.25) is 0 Å². The molecule has 2 saturated carbocycles. The summed E-state index contributed by atoms with van der Waals surface area (Å²) in [6, 6.07) is 6.74. The average molecular weight is 376 g/mol. The fraction of sp³-hybridized carbons (Fsp3) is 0.619. The van der Waals surface area contributed by atoms with Gasteiger partial charge in [-0.05, 0) is 62.6 Å². The minimum Gasteiger partial charge on any atom is -0.481 e. The molecule has 2 aliphatic rings. The molecule has 0 heterocycles. The summed E-state index contributed by atoms with van der Waals surface area (Å²) in [6.07, 6.45) is 7.75. The molecule has 2 N–H and O–H groups in total. The standard InChI is InChI=1S/C21H29FN2O3/c22-17-9-5-15(6-10-17)13-14-24(19-3-1-2-4-19)21(27)23-18-11-7-16(8-12-18)20(25)26/h5-6,9-10,16,18-19H,1-4,7-8,11-14H2,(H,23,27)(H,25,26). The molecule has 2 aliphatic carbocycles. The predicted octanol–water partition coefficient (Wildman–Crippen LogP) is 3.97. The second-order valence-corrected chi connectivity index (χ2v) is 7.84. The lowest BCUT2D eigenvalue weighted by molar-refractivity contribution is -0.142. The lowest BCUT2D eigenvalue weighted by Gasteiger charge is -2.33. The highest BCUT2D eigenvalue weighted by Crippen LogP contribution is 2.26. The summed E-state index contributed by atoms with van der Waals surface area (Å²) in [6.45, 7) is 0.618. The van der Waals surface area contributed by atoms with Gasteiger partial charge in [-0.3, -0.25) is 4.79 Å². The maximum atomic E-state index is 13.1. The molecule has 2 fully saturated rings. The monoisotopic (exact) mass is 376 g/mol. The Morgan fingerprint density at radius 3 is 2.26 bits per heavy atom. The van der Waals surface area contributed by atoms with Gasteiger partial charge < -0.3 is 15.3 Å². The molecular formula is C21H29FN2O3. The van der Waals surface area contributed by atoms with Gasteiger partial charge in [-0.1, -0.05) is 25.0 Å². The number of halogens is 1. The van der Waals surface area contributed by atoms with Crippen LogP contribution in [0.5, 0.6) is 0 Å². The van der Waals surface area contributed by atoms with Crippen LogP contribution >= 0.6 is 0 Å². The minimum absolute atomic E-state index is 0.0391. The van der Waals surface area contributed by atoms with Gasteiger partial charge in [0, 0.05) is 18.6 Å². The normalized spacial score (nSPS) is 23.1. The van der Waals surface area contributed by atoms with Crippen LogP contribution in [0.3, 0.4) is 0 Å². The molecule has 5 nitrogen and oxygen atoms in total. The third-order valence-electron chi connectivity index (χ3n) is 5.98. The van der Waals surface area contributed by atoms with Crippen molar-refractivity contribution >= 4 is 12.0 Å².